The number of carbonyl (C=O) groups excluding carboxylic acids is 3. The Morgan fingerprint density at radius 1 is 1.06 bits per heavy atom. The zero-order chi connectivity index (χ0) is 25.2. The quantitative estimate of drug-likeness (QED) is 0.492. The second-order valence-electron chi connectivity index (χ2n) is 8.55. The third-order valence-corrected chi connectivity index (χ3v) is 6.95. The van der Waals surface area contributed by atoms with Crippen molar-refractivity contribution in [2.45, 2.75) is 37.0 Å². The molecule has 0 aliphatic carbocycles. The molecule has 0 bridgehead atoms. The normalized spacial score (nSPS) is 17.1. The Morgan fingerprint density at radius 2 is 1.66 bits per heavy atom. The van der Waals surface area contributed by atoms with Gasteiger partial charge in [-0.15, -0.1) is 11.8 Å². The minimum absolute atomic E-state index is 0.0866. The minimum atomic E-state index is -1.22. The van der Waals surface area contributed by atoms with E-state index < -0.39 is 17.4 Å². The fourth-order valence-corrected chi connectivity index (χ4v) is 4.24. The molecular formula is C25H26FN5O3S. The van der Waals surface area contributed by atoms with E-state index >= 15 is 0 Å². The molecule has 2 heterocycles. The number of halogens is 1. The first-order valence-electron chi connectivity index (χ1n) is 11.0. The Morgan fingerprint density at radius 3 is 2.29 bits per heavy atom. The number of carbonyl (C=O) groups is 3. The Hall–Kier alpha value is -3.66. The number of hydrogen-bond donors (Lipinski definition) is 2. The van der Waals surface area contributed by atoms with Crippen LogP contribution in [0, 0.1) is 5.82 Å². The lowest BCUT2D eigenvalue weighted by molar-refractivity contribution is -0.132. The van der Waals surface area contributed by atoms with E-state index in [-0.39, 0.29) is 36.2 Å². The zero-order valence-corrected chi connectivity index (χ0v) is 20.5. The number of likely N-dealkylation sites (N-methyl/N-ethyl adjacent to an activating group) is 1. The molecular weight excluding hydrogens is 469 g/mol. The highest BCUT2D eigenvalue weighted by Gasteiger charge is 2.46. The standard InChI is InChI=1S/C25H26FN5O3S/c1-25(24(34)28-14-16-4-8-18(26)9-5-16)15-31-21(23(33)30(25)2)12-20(29-31)22(32)27-13-17-6-10-19(35-3)11-7-17/h4-12H,13-15H2,1-3H3,(H,27,32)(H,28,34)/t25-/m0/s1. The van der Waals surface area contributed by atoms with Gasteiger partial charge in [-0.1, -0.05) is 24.3 Å². The highest BCUT2D eigenvalue weighted by Crippen LogP contribution is 2.26. The molecule has 1 aliphatic heterocycles. The smallest absolute Gasteiger partial charge is 0.272 e. The first kappa shape index (κ1) is 24.5. The Labute approximate surface area is 206 Å². The number of rotatable bonds is 7. The second kappa shape index (κ2) is 9.91. The second-order valence-corrected chi connectivity index (χ2v) is 9.43. The molecule has 0 fully saturated rings. The van der Waals surface area contributed by atoms with Gasteiger partial charge in [0.25, 0.3) is 11.8 Å². The Balaban J connectivity index is 1.44. The Bertz CT molecular complexity index is 1260. The average Bonchev–Trinajstić information content (AvgIpc) is 3.29. The summed E-state index contributed by atoms with van der Waals surface area (Å²) in [6.07, 6.45) is 2.00. The SMILES string of the molecule is CSc1ccc(CNC(=O)c2cc3n(n2)C[C@@](C)(C(=O)NCc2ccc(F)cc2)N(C)C3=O)cc1. The van der Waals surface area contributed by atoms with E-state index in [1.807, 2.05) is 30.5 Å². The van der Waals surface area contributed by atoms with Crippen LogP contribution in [0.2, 0.25) is 0 Å². The number of fused-ring (bicyclic) bond motifs is 1. The zero-order valence-electron chi connectivity index (χ0n) is 19.7. The van der Waals surface area contributed by atoms with Gasteiger partial charge >= 0.3 is 0 Å². The summed E-state index contributed by atoms with van der Waals surface area (Å²) in [4.78, 5) is 41.3. The lowest BCUT2D eigenvalue weighted by Crippen LogP contribution is -2.62. The van der Waals surface area contributed by atoms with E-state index in [0.717, 1.165) is 16.0 Å². The first-order chi connectivity index (χ1) is 16.7. The van der Waals surface area contributed by atoms with Crippen molar-refractivity contribution in [1.82, 2.24) is 25.3 Å². The van der Waals surface area contributed by atoms with Gasteiger partial charge in [-0.05, 0) is 48.6 Å². The topological polar surface area (TPSA) is 96.3 Å². The highest BCUT2D eigenvalue weighted by atomic mass is 32.2. The van der Waals surface area contributed by atoms with Gasteiger partial charge in [0, 0.05) is 31.1 Å². The summed E-state index contributed by atoms with van der Waals surface area (Å²) >= 11 is 1.64. The van der Waals surface area contributed by atoms with Gasteiger partial charge in [-0.25, -0.2) is 4.39 Å². The van der Waals surface area contributed by atoms with Gasteiger partial charge in [0.05, 0.1) is 6.54 Å². The first-order valence-corrected chi connectivity index (χ1v) is 12.2. The van der Waals surface area contributed by atoms with Crippen LogP contribution < -0.4 is 10.6 Å². The van der Waals surface area contributed by atoms with E-state index in [0.29, 0.717) is 6.54 Å². The fourth-order valence-electron chi connectivity index (χ4n) is 3.83. The molecule has 3 aromatic rings. The molecule has 2 N–H and O–H groups in total. The van der Waals surface area contributed by atoms with Crippen molar-refractivity contribution in [2.75, 3.05) is 13.3 Å². The average molecular weight is 496 g/mol. The minimum Gasteiger partial charge on any atom is -0.350 e. The number of nitrogens with one attached hydrogen (secondary N) is 2. The maximum absolute atomic E-state index is 13.1. The lowest BCUT2D eigenvalue weighted by Gasteiger charge is -2.40. The Kier molecular flexibility index (Phi) is 6.93. The predicted molar refractivity (Wildman–Crippen MR) is 130 cm³/mol. The van der Waals surface area contributed by atoms with Crippen LogP contribution in [-0.4, -0.2) is 51.2 Å². The molecule has 0 saturated carbocycles. The van der Waals surface area contributed by atoms with Gasteiger partial charge in [-0.3, -0.25) is 19.1 Å². The van der Waals surface area contributed by atoms with Crippen LogP contribution in [0.3, 0.4) is 0 Å². The summed E-state index contributed by atoms with van der Waals surface area (Å²) in [5, 5.41) is 9.94. The molecule has 35 heavy (non-hydrogen) atoms. The lowest BCUT2D eigenvalue weighted by atomic mass is 9.96. The van der Waals surface area contributed by atoms with Gasteiger partial charge in [0.15, 0.2) is 5.69 Å². The highest BCUT2D eigenvalue weighted by molar-refractivity contribution is 7.98. The number of aromatic nitrogens is 2. The summed E-state index contributed by atoms with van der Waals surface area (Å²) in [5.41, 5.74) is 0.809. The van der Waals surface area contributed by atoms with Crippen LogP contribution in [-0.2, 0) is 24.4 Å². The third kappa shape index (κ3) is 5.07. The van der Waals surface area contributed by atoms with E-state index in [9.17, 15) is 18.8 Å². The summed E-state index contributed by atoms with van der Waals surface area (Å²) in [6, 6.07) is 15.1. The number of amides is 3. The molecule has 1 aliphatic rings. The molecule has 182 valence electrons. The molecule has 4 rings (SSSR count). The summed E-state index contributed by atoms with van der Waals surface area (Å²) in [5.74, 6) is -1.55. The van der Waals surface area contributed by atoms with Crippen LogP contribution in [0.1, 0.15) is 39.0 Å². The molecule has 3 amide bonds. The van der Waals surface area contributed by atoms with E-state index in [2.05, 4.69) is 15.7 Å². The number of thioether (sulfide) groups is 1. The van der Waals surface area contributed by atoms with Crippen molar-refractivity contribution >= 4 is 29.5 Å². The van der Waals surface area contributed by atoms with Gasteiger partial charge in [-0.2, -0.15) is 5.10 Å². The summed E-state index contributed by atoms with van der Waals surface area (Å²) in [7, 11) is 1.55. The molecule has 10 heteroatoms. The van der Waals surface area contributed by atoms with Crippen molar-refractivity contribution in [3.8, 4) is 0 Å². The molecule has 0 unspecified atom stereocenters. The molecule has 2 aromatic carbocycles. The maximum atomic E-state index is 13.1. The molecule has 0 saturated heterocycles. The number of hydrogen-bond acceptors (Lipinski definition) is 5. The maximum Gasteiger partial charge on any atom is 0.272 e. The number of benzene rings is 2. The molecule has 1 atom stereocenters. The van der Waals surface area contributed by atoms with Gasteiger partial charge in [0.1, 0.15) is 17.1 Å². The van der Waals surface area contributed by atoms with Crippen molar-refractivity contribution in [2.24, 2.45) is 0 Å². The molecule has 0 spiro atoms. The predicted octanol–water partition coefficient (Wildman–Crippen LogP) is 2.83. The molecule has 8 nitrogen and oxygen atoms in total. The number of nitrogens with zero attached hydrogens (tertiary/aromatic N) is 3. The van der Waals surface area contributed by atoms with Gasteiger partial charge < -0.3 is 15.5 Å². The van der Waals surface area contributed by atoms with Crippen molar-refractivity contribution < 1.29 is 18.8 Å². The van der Waals surface area contributed by atoms with E-state index in [1.165, 1.54) is 27.8 Å². The fraction of sp³-hybridized carbons (Fsp3) is 0.280. The van der Waals surface area contributed by atoms with Crippen LogP contribution in [0.25, 0.3) is 0 Å². The largest absolute Gasteiger partial charge is 0.350 e. The third-order valence-electron chi connectivity index (χ3n) is 6.20. The summed E-state index contributed by atoms with van der Waals surface area (Å²) in [6.45, 7) is 2.25. The molecule has 1 aromatic heterocycles. The van der Waals surface area contributed by atoms with Crippen molar-refractivity contribution in [3.63, 3.8) is 0 Å². The van der Waals surface area contributed by atoms with Crippen LogP contribution in [0.15, 0.2) is 59.5 Å². The van der Waals surface area contributed by atoms with Crippen LogP contribution >= 0.6 is 11.8 Å². The van der Waals surface area contributed by atoms with Crippen LogP contribution in [0.4, 0.5) is 4.39 Å². The van der Waals surface area contributed by atoms with Gasteiger partial charge in [0.2, 0.25) is 5.91 Å². The van der Waals surface area contributed by atoms with E-state index in [4.69, 9.17) is 0 Å². The van der Waals surface area contributed by atoms with Crippen LogP contribution in [0.5, 0.6) is 0 Å². The van der Waals surface area contributed by atoms with Crippen molar-refractivity contribution in [1.29, 1.82) is 0 Å². The summed E-state index contributed by atoms with van der Waals surface area (Å²) < 4.78 is 14.5. The van der Waals surface area contributed by atoms with E-state index in [1.54, 1.807) is 37.9 Å². The molecule has 0 radical (unpaired) electrons. The van der Waals surface area contributed by atoms with Crippen molar-refractivity contribution in [3.05, 3.63) is 82.9 Å². The monoisotopic (exact) mass is 495 g/mol.